The summed E-state index contributed by atoms with van der Waals surface area (Å²) in [7, 11) is 0. The number of piperidine rings is 1. The normalized spacial score (nSPS) is 19.5. The van der Waals surface area contributed by atoms with Gasteiger partial charge in [0.25, 0.3) is 0 Å². The summed E-state index contributed by atoms with van der Waals surface area (Å²) in [6.07, 6.45) is 6.85. The van der Waals surface area contributed by atoms with Crippen molar-refractivity contribution in [3.63, 3.8) is 0 Å². The van der Waals surface area contributed by atoms with Gasteiger partial charge in [-0.2, -0.15) is 0 Å². The lowest BCUT2D eigenvalue weighted by Crippen LogP contribution is -2.34. The Hall–Kier alpha value is -0.940. The van der Waals surface area contributed by atoms with Crippen LogP contribution in [0.25, 0.3) is 0 Å². The average molecular weight is 312 g/mol. The number of nitrogens with zero attached hydrogens (tertiary/aromatic N) is 1. The van der Waals surface area contributed by atoms with Gasteiger partial charge in [-0.3, -0.25) is 4.79 Å². The lowest BCUT2D eigenvalue weighted by molar-refractivity contribution is -0.116. The molecule has 1 atom stereocenters. The fourth-order valence-corrected chi connectivity index (χ4v) is 2.38. The summed E-state index contributed by atoms with van der Waals surface area (Å²) in [5, 5.41) is 6.31. The molecular formula is C13H18BrN3O. The van der Waals surface area contributed by atoms with Gasteiger partial charge in [0.15, 0.2) is 0 Å². The maximum atomic E-state index is 11.8. The van der Waals surface area contributed by atoms with Gasteiger partial charge in [-0.05, 0) is 53.9 Å². The quantitative estimate of drug-likeness (QED) is 0.841. The minimum absolute atomic E-state index is 0.0616. The molecular weight excluding hydrogens is 294 g/mol. The van der Waals surface area contributed by atoms with Crippen molar-refractivity contribution >= 4 is 27.5 Å². The van der Waals surface area contributed by atoms with E-state index in [0.29, 0.717) is 12.5 Å². The summed E-state index contributed by atoms with van der Waals surface area (Å²) < 4.78 is 0.770. The Morgan fingerprint density at radius 2 is 2.39 bits per heavy atom. The SMILES string of the molecule is O=C(CCC1CCCCN1)Nc1ccc(Br)nc1. The number of carbonyl (C=O) groups excluding carboxylic acids is 1. The highest BCUT2D eigenvalue weighted by molar-refractivity contribution is 9.10. The van der Waals surface area contributed by atoms with E-state index in [1.54, 1.807) is 6.20 Å². The van der Waals surface area contributed by atoms with Crippen LogP contribution in [0, 0.1) is 0 Å². The van der Waals surface area contributed by atoms with E-state index in [2.05, 4.69) is 31.5 Å². The van der Waals surface area contributed by atoms with Crippen molar-refractivity contribution in [3.8, 4) is 0 Å². The summed E-state index contributed by atoms with van der Waals surface area (Å²) in [6, 6.07) is 4.17. The molecule has 0 saturated carbocycles. The molecule has 2 rings (SSSR count). The minimum Gasteiger partial charge on any atom is -0.325 e. The highest BCUT2D eigenvalue weighted by Crippen LogP contribution is 2.14. The molecule has 1 aromatic heterocycles. The Bertz CT molecular complexity index is 388. The Morgan fingerprint density at radius 3 is 3.06 bits per heavy atom. The Morgan fingerprint density at radius 1 is 1.50 bits per heavy atom. The van der Waals surface area contributed by atoms with Crippen LogP contribution in [-0.4, -0.2) is 23.5 Å². The lowest BCUT2D eigenvalue weighted by atomic mass is 10.0. The van der Waals surface area contributed by atoms with Crippen LogP contribution < -0.4 is 10.6 Å². The first-order chi connectivity index (χ1) is 8.74. The molecule has 18 heavy (non-hydrogen) atoms. The van der Waals surface area contributed by atoms with Crippen molar-refractivity contribution in [1.82, 2.24) is 10.3 Å². The molecule has 4 nitrogen and oxygen atoms in total. The number of hydrogen-bond donors (Lipinski definition) is 2. The van der Waals surface area contributed by atoms with Crippen LogP contribution in [0.1, 0.15) is 32.1 Å². The molecule has 98 valence electrons. The number of anilines is 1. The number of hydrogen-bond acceptors (Lipinski definition) is 3. The maximum Gasteiger partial charge on any atom is 0.224 e. The van der Waals surface area contributed by atoms with Crippen LogP contribution in [0.3, 0.4) is 0 Å². The molecule has 1 unspecified atom stereocenters. The highest BCUT2D eigenvalue weighted by atomic mass is 79.9. The van der Waals surface area contributed by atoms with Gasteiger partial charge in [0.1, 0.15) is 4.60 Å². The van der Waals surface area contributed by atoms with Crippen molar-refractivity contribution in [2.24, 2.45) is 0 Å². The largest absolute Gasteiger partial charge is 0.325 e. The third-order valence-corrected chi connectivity index (χ3v) is 3.61. The summed E-state index contributed by atoms with van der Waals surface area (Å²) in [5.74, 6) is 0.0616. The predicted molar refractivity (Wildman–Crippen MR) is 75.4 cm³/mol. The first kappa shape index (κ1) is 13.5. The van der Waals surface area contributed by atoms with Crippen LogP contribution in [0.5, 0.6) is 0 Å². The Balaban J connectivity index is 1.73. The second kappa shape index (κ2) is 6.85. The van der Waals surface area contributed by atoms with Gasteiger partial charge in [-0.1, -0.05) is 6.42 Å². The molecule has 0 spiro atoms. The van der Waals surface area contributed by atoms with Gasteiger partial charge < -0.3 is 10.6 Å². The molecule has 1 aliphatic heterocycles. The topological polar surface area (TPSA) is 54.0 Å². The number of amides is 1. The highest BCUT2D eigenvalue weighted by Gasteiger charge is 2.13. The first-order valence-corrected chi connectivity index (χ1v) is 7.18. The molecule has 0 bridgehead atoms. The van der Waals surface area contributed by atoms with Gasteiger partial charge in [0, 0.05) is 12.5 Å². The van der Waals surface area contributed by atoms with E-state index in [1.165, 1.54) is 19.3 Å². The molecule has 0 aromatic carbocycles. The molecule has 2 heterocycles. The summed E-state index contributed by atoms with van der Waals surface area (Å²) in [5.41, 5.74) is 0.750. The van der Waals surface area contributed by atoms with Crippen molar-refractivity contribution in [1.29, 1.82) is 0 Å². The smallest absolute Gasteiger partial charge is 0.224 e. The molecule has 5 heteroatoms. The fourth-order valence-electron chi connectivity index (χ4n) is 2.15. The molecule has 1 amide bonds. The molecule has 1 aliphatic rings. The van der Waals surface area contributed by atoms with Gasteiger partial charge in [-0.25, -0.2) is 4.98 Å². The van der Waals surface area contributed by atoms with E-state index >= 15 is 0 Å². The van der Waals surface area contributed by atoms with Crippen molar-refractivity contribution in [2.45, 2.75) is 38.1 Å². The van der Waals surface area contributed by atoms with Crippen molar-refractivity contribution < 1.29 is 4.79 Å². The lowest BCUT2D eigenvalue weighted by Gasteiger charge is -2.23. The molecule has 2 N–H and O–H groups in total. The number of rotatable bonds is 4. The van der Waals surface area contributed by atoms with E-state index in [0.717, 1.165) is 23.3 Å². The van der Waals surface area contributed by atoms with E-state index in [-0.39, 0.29) is 5.91 Å². The number of aromatic nitrogens is 1. The second-order valence-electron chi connectivity index (χ2n) is 4.60. The van der Waals surface area contributed by atoms with E-state index in [4.69, 9.17) is 0 Å². The summed E-state index contributed by atoms with van der Waals surface area (Å²) >= 11 is 3.26. The van der Waals surface area contributed by atoms with E-state index < -0.39 is 0 Å². The second-order valence-corrected chi connectivity index (χ2v) is 5.42. The maximum absolute atomic E-state index is 11.8. The Kier molecular flexibility index (Phi) is 5.13. The molecule has 0 radical (unpaired) electrons. The van der Waals surface area contributed by atoms with Gasteiger partial charge in [0.2, 0.25) is 5.91 Å². The number of pyridine rings is 1. The van der Waals surface area contributed by atoms with Gasteiger partial charge in [0.05, 0.1) is 11.9 Å². The zero-order valence-electron chi connectivity index (χ0n) is 10.3. The fraction of sp³-hybridized carbons (Fsp3) is 0.538. The number of carbonyl (C=O) groups is 1. The van der Waals surface area contributed by atoms with Gasteiger partial charge >= 0.3 is 0 Å². The Labute approximate surface area is 116 Å². The minimum atomic E-state index is 0.0616. The third kappa shape index (κ3) is 4.38. The van der Waals surface area contributed by atoms with E-state index in [9.17, 15) is 4.79 Å². The van der Waals surface area contributed by atoms with Crippen molar-refractivity contribution in [2.75, 3.05) is 11.9 Å². The van der Waals surface area contributed by atoms with Crippen LogP contribution in [0.15, 0.2) is 22.9 Å². The van der Waals surface area contributed by atoms with Crippen LogP contribution >= 0.6 is 15.9 Å². The average Bonchev–Trinajstić information content (AvgIpc) is 2.40. The van der Waals surface area contributed by atoms with Crippen LogP contribution in [-0.2, 0) is 4.79 Å². The van der Waals surface area contributed by atoms with Crippen LogP contribution in [0.2, 0.25) is 0 Å². The first-order valence-electron chi connectivity index (χ1n) is 6.39. The molecule has 1 saturated heterocycles. The monoisotopic (exact) mass is 311 g/mol. The van der Waals surface area contributed by atoms with Crippen LogP contribution in [0.4, 0.5) is 5.69 Å². The summed E-state index contributed by atoms with van der Waals surface area (Å²) in [4.78, 5) is 15.8. The zero-order chi connectivity index (χ0) is 12.8. The predicted octanol–water partition coefficient (Wildman–Crippen LogP) is 2.70. The number of nitrogens with one attached hydrogen (secondary N) is 2. The zero-order valence-corrected chi connectivity index (χ0v) is 11.9. The third-order valence-electron chi connectivity index (χ3n) is 3.14. The van der Waals surface area contributed by atoms with Gasteiger partial charge in [-0.15, -0.1) is 0 Å². The number of halogens is 1. The molecule has 1 aromatic rings. The molecule has 0 aliphatic carbocycles. The standard InChI is InChI=1S/C13H18BrN3O/c14-12-6-4-11(9-16-12)17-13(18)7-5-10-3-1-2-8-15-10/h4,6,9-10,15H,1-3,5,7-8H2,(H,17,18). The summed E-state index contributed by atoms with van der Waals surface area (Å²) in [6.45, 7) is 1.09. The molecule has 1 fully saturated rings. The van der Waals surface area contributed by atoms with E-state index in [1.807, 2.05) is 12.1 Å². The van der Waals surface area contributed by atoms with Crippen molar-refractivity contribution in [3.05, 3.63) is 22.9 Å².